The number of azide groups is 1. The summed E-state index contributed by atoms with van der Waals surface area (Å²) in [6.45, 7) is 16.8. The number of aliphatic hydroxyl groups excluding tert-OH is 1. The molecule has 0 radical (unpaired) electrons. The van der Waals surface area contributed by atoms with E-state index in [-0.39, 0.29) is 49.8 Å². The predicted molar refractivity (Wildman–Crippen MR) is 194 cm³/mol. The maximum atomic E-state index is 14.5. The number of cyclic esters (lactones) is 1. The van der Waals surface area contributed by atoms with E-state index in [1.54, 1.807) is 20.8 Å². The molecule has 0 aromatic carbocycles. The number of rotatable bonds is 10. The molecule has 0 saturated carbocycles. The largest absolute Gasteiger partial charge is 0.458 e. The first kappa shape index (κ1) is 45.3. The average molecular weight is 740 g/mol. The number of carbonyl (C=O) groups excluding carboxylic acids is 4. The van der Waals surface area contributed by atoms with Gasteiger partial charge in [0, 0.05) is 61.9 Å². The number of amides is 1. The zero-order valence-corrected chi connectivity index (χ0v) is 33.7. The van der Waals surface area contributed by atoms with Gasteiger partial charge in [0.2, 0.25) is 0 Å². The van der Waals surface area contributed by atoms with E-state index in [4.69, 9.17) is 34.3 Å². The molecule has 1 amide bonds. The Morgan fingerprint density at radius 1 is 1.02 bits per heavy atom. The fourth-order valence-electron chi connectivity index (χ4n) is 8.55. The fourth-order valence-corrected chi connectivity index (χ4v) is 8.55. The third-order valence-corrected chi connectivity index (χ3v) is 11.5. The van der Waals surface area contributed by atoms with E-state index in [0.29, 0.717) is 12.8 Å². The van der Waals surface area contributed by atoms with Crippen molar-refractivity contribution in [1.82, 2.24) is 9.80 Å². The maximum absolute atomic E-state index is 14.5. The molecule has 4 unspecified atom stereocenters. The van der Waals surface area contributed by atoms with Crippen LogP contribution in [0.5, 0.6) is 0 Å². The van der Waals surface area contributed by atoms with E-state index in [9.17, 15) is 19.2 Å². The van der Waals surface area contributed by atoms with Gasteiger partial charge in [0.15, 0.2) is 17.7 Å². The van der Waals surface area contributed by atoms with Crippen LogP contribution in [0.25, 0.3) is 10.4 Å². The van der Waals surface area contributed by atoms with Crippen LogP contribution in [-0.2, 0) is 38.1 Å². The molecule has 0 aromatic rings. The van der Waals surface area contributed by atoms with Crippen molar-refractivity contribution in [3.05, 3.63) is 10.4 Å². The van der Waals surface area contributed by atoms with Gasteiger partial charge in [0.25, 0.3) is 0 Å². The molecular weight excluding hydrogens is 674 g/mol. The molecule has 15 nitrogen and oxygen atoms in total. The lowest BCUT2D eigenvalue weighted by Crippen LogP contribution is -2.59. The van der Waals surface area contributed by atoms with Crippen molar-refractivity contribution < 1.29 is 48.0 Å². The summed E-state index contributed by atoms with van der Waals surface area (Å²) in [4.78, 5) is 62.5. The topological polar surface area (TPSA) is 190 Å². The summed E-state index contributed by atoms with van der Waals surface area (Å²) >= 11 is 0. The average Bonchev–Trinajstić information content (AvgIpc) is 3.37. The van der Waals surface area contributed by atoms with Crippen LogP contribution in [0, 0.1) is 29.6 Å². The monoisotopic (exact) mass is 739 g/mol. The summed E-state index contributed by atoms with van der Waals surface area (Å²) in [5.41, 5.74) is 6.12. The predicted octanol–water partition coefficient (Wildman–Crippen LogP) is 5.16. The Bertz CT molecular complexity index is 1280. The molecule has 3 aliphatic rings. The van der Waals surface area contributed by atoms with Crippen LogP contribution in [-0.4, -0.2) is 128 Å². The van der Waals surface area contributed by atoms with Crippen molar-refractivity contribution in [2.24, 2.45) is 34.7 Å². The minimum Gasteiger partial charge on any atom is -0.458 e. The van der Waals surface area contributed by atoms with Crippen LogP contribution in [0.15, 0.2) is 5.11 Å². The van der Waals surface area contributed by atoms with Crippen LogP contribution in [0.3, 0.4) is 0 Å². The van der Waals surface area contributed by atoms with E-state index in [0.717, 1.165) is 13.5 Å². The van der Waals surface area contributed by atoms with Crippen molar-refractivity contribution in [2.45, 2.75) is 142 Å². The summed E-state index contributed by atoms with van der Waals surface area (Å²) < 4.78 is 31.4. The minimum absolute atomic E-state index is 0.0558. The van der Waals surface area contributed by atoms with Gasteiger partial charge in [0.05, 0.1) is 23.9 Å². The SMILES string of the molecule is CC[C@H]1OC(=O)[C@H](C)C(=O)[C@H](C)[C@@H](OC2OC(C)CC(N(C)C)C2C)[C@@](C)(OC)C[C@@H](C)C(=O)[C@H](C)[C@H]2N(CCCCN=[N+]=[N-])C(=O)O[C@]12C.CO. The second-order valence-electron chi connectivity index (χ2n) is 15.4. The number of hydrogen-bond donors (Lipinski definition) is 1. The number of fused-ring (bicyclic) bond motifs is 1. The summed E-state index contributed by atoms with van der Waals surface area (Å²) in [5, 5.41) is 10.6. The number of Topliss-reactive ketones (excluding diaryl/α,β-unsaturated/α-hetero) is 2. The highest BCUT2D eigenvalue weighted by atomic mass is 16.7. The van der Waals surface area contributed by atoms with Gasteiger partial charge in [-0.05, 0) is 79.4 Å². The molecule has 298 valence electrons. The molecule has 0 spiro atoms. The third-order valence-electron chi connectivity index (χ3n) is 11.5. The number of hydrogen-bond acceptors (Lipinski definition) is 12. The first-order valence-corrected chi connectivity index (χ1v) is 18.6. The first-order chi connectivity index (χ1) is 24.4. The lowest BCUT2D eigenvalue weighted by Gasteiger charge is -2.47. The van der Waals surface area contributed by atoms with Gasteiger partial charge in [-0.3, -0.25) is 14.4 Å². The summed E-state index contributed by atoms with van der Waals surface area (Å²) in [6.07, 6.45) is -0.889. The van der Waals surface area contributed by atoms with Crippen LogP contribution < -0.4 is 0 Å². The number of esters is 1. The maximum Gasteiger partial charge on any atom is 0.410 e. The molecule has 0 aliphatic carbocycles. The lowest BCUT2D eigenvalue weighted by molar-refractivity contribution is -0.280. The van der Waals surface area contributed by atoms with Gasteiger partial charge >= 0.3 is 12.1 Å². The molecule has 13 atom stereocenters. The number of ether oxygens (including phenoxy) is 5. The van der Waals surface area contributed by atoms with Crippen LogP contribution in [0.1, 0.15) is 94.4 Å². The normalized spacial score (nSPS) is 39.1. The highest BCUT2D eigenvalue weighted by molar-refractivity contribution is 6.00. The van der Waals surface area contributed by atoms with Crippen LogP contribution in [0.4, 0.5) is 4.79 Å². The number of carbonyl (C=O) groups is 4. The summed E-state index contributed by atoms with van der Waals surface area (Å²) in [5.74, 6) is -4.65. The van der Waals surface area contributed by atoms with Gasteiger partial charge in [-0.1, -0.05) is 39.7 Å². The van der Waals surface area contributed by atoms with Crippen LogP contribution in [0.2, 0.25) is 0 Å². The standard InChI is InChI=1S/C36H61N5O9.CH4O/c1-13-27-36(9)30(41(34(45)50-36)17-15-14-16-38-39-37)23(5)28(42)20(2)19-35(8,46-12)31(24(6)29(43)25(7)32(44)48-27)49-33-22(4)26(40(10)11)18-21(3)47-33;1-2/h20-27,30-31,33H,13-19H2,1-12H3;2H,1H3/t20-,21?,22?,23+,24+,25-,26?,27-,30-,31-,33?,35+,36-;/m1./s1. The third kappa shape index (κ3) is 9.83. The second-order valence-corrected chi connectivity index (χ2v) is 15.4. The van der Waals surface area contributed by atoms with Crippen molar-refractivity contribution >= 4 is 23.6 Å². The molecule has 1 N–H and O–H groups in total. The molecule has 3 saturated heterocycles. The Hall–Kier alpha value is -2.81. The van der Waals surface area contributed by atoms with E-state index in [1.807, 2.05) is 41.8 Å². The molecule has 15 heteroatoms. The van der Waals surface area contributed by atoms with Crippen LogP contribution >= 0.6 is 0 Å². The minimum atomic E-state index is -1.38. The van der Waals surface area contributed by atoms with Gasteiger partial charge in [-0.25, -0.2) is 4.79 Å². The smallest absolute Gasteiger partial charge is 0.410 e. The van der Waals surface area contributed by atoms with Crippen molar-refractivity contribution in [2.75, 3.05) is 41.4 Å². The van der Waals surface area contributed by atoms with Crippen molar-refractivity contribution in [1.29, 1.82) is 0 Å². The van der Waals surface area contributed by atoms with Gasteiger partial charge in [-0.15, -0.1) is 0 Å². The van der Waals surface area contributed by atoms with Crippen molar-refractivity contribution in [3.63, 3.8) is 0 Å². The highest BCUT2D eigenvalue weighted by Gasteiger charge is 2.60. The summed E-state index contributed by atoms with van der Waals surface area (Å²) in [6, 6.07) is -0.618. The Kier molecular flexibility index (Phi) is 17.0. The first-order valence-electron chi connectivity index (χ1n) is 18.6. The molecule has 3 aliphatic heterocycles. The van der Waals surface area contributed by atoms with Gasteiger partial charge in [-0.2, -0.15) is 0 Å². The summed E-state index contributed by atoms with van der Waals surface area (Å²) in [7, 11) is 6.58. The molecule has 3 rings (SSSR count). The zero-order valence-electron chi connectivity index (χ0n) is 33.7. The Morgan fingerprint density at radius 2 is 1.65 bits per heavy atom. The molecule has 0 bridgehead atoms. The van der Waals surface area contributed by atoms with Gasteiger partial charge in [0.1, 0.15) is 17.8 Å². The van der Waals surface area contributed by atoms with E-state index in [1.165, 1.54) is 18.9 Å². The second kappa shape index (κ2) is 19.5. The fraction of sp³-hybridized carbons (Fsp3) is 0.892. The number of aliphatic hydroxyl groups is 1. The number of unbranched alkanes of at least 4 members (excludes halogenated alkanes) is 1. The zero-order chi connectivity index (χ0) is 39.7. The number of nitrogens with zero attached hydrogens (tertiary/aromatic N) is 5. The van der Waals surface area contributed by atoms with E-state index < -0.39 is 77.3 Å². The Balaban J connectivity index is 0.00000460. The Labute approximate surface area is 310 Å². The van der Waals surface area contributed by atoms with E-state index in [2.05, 4.69) is 21.8 Å². The van der Waals surface area contributed by atoms with E-state index >= 15 is 0 Å². The quantitative estimate of drug-likeness (QED) is 0.0778. The lowest BCUT2D eigenvalue weighted by atomic mass is 9.73. The highest BCUT2D eigenvalue weighted by Crippen LogP contribution is 2.43. The number of ketones is 2. The molecular formula is C37H65N5O10. The number of methoxy groups -OCH3 is 1. The molecule has 3 fully saturated rings. The van der Waals surface area contributed by atoms with Gasteiger partial charge < -0.3 is 38.6 Å². The Morgan fingerprint density at radius 3 is 2.21 bits per heavy atom. The molecule has 52 heavy (non-hydrogen) atoms. The molecule has 3 heterocycles. The van der Waals surface area contributed by atoms with Crippen molar-refractivity contribution in [3.8, 4) is 0 Å². The molecule has 0 aromatic heterocycles.